The first-order valence-corrected chi connectivity index (χ1v) is 8.73. The van der Waals surface area contributed by atoms with Crippen LogP contribution >= 0.6 is 34.8 Å². The number of anilines is 4. The monoisotopic (exact) mass is 423 g/mol. The van der Waals surface area contributed by atoms with E-state index in [0.717, 1.165) is 5.56 Å². The van der Waals surface area contributed by atoms with E-state index in [9.17, 15) is 10.1 Å². The second kappa shape index (κ2) is 7.96. The Morgan fingerprint density at radius 1 is 0.963 bits per heavy atom. The van der Waals surface area contributed by atoms with Crippen LogP contribution in [0.5, 0.6) is 0 Å². The van der Waals surface area contributed by atoms with Gasteiger partial charge in [-0.25, -0.2) is 9.97 Å². The van der Waals surface area contributed by atoms with Crippen molar-refractivity contribution in [3.63, 3.8) is 0 Å². The van der Waals surface area contributed by atoms with Crippen LogP contribution in [-0.2, 0) is 0 Å². The van der Waals surface area contributed by atoms with Gasteiger partial charge in [0, 0.05) is 16.4 Å². The third kappa shape index (κ3) is 4.39. The molecule has 0 unspecified atom stereocenters. The molecule has 2 N–H and O–H groups in total. The summed E-state index contributed by atoms with van der Waals surface area (Å²) in [5.41, 5.74) is 1.63. The minimum absolute atomic E-state index is 0.00979. The Balaban J connectivity index is 2.00. The van der Waals surface area contributed by atoms with Crippen LogP contribution in [0, 0.1) is 17.0 Å². The first-order chi connectivity index (χ1) is 12.8. The molecule has 0 bridgehead atoms. The average Bonchev–Trinajstić information content (AvgIpc) is 2.61. The SMILES string of the molecule is Cc1ccc(Cl)cc1Nc1ncnc(Nc2ccc(Cl)c(Cl)c2)c1[N+](=O)[O-]. The Hall–Kier alpha value is -2.61. The maximum Gasteiger partial charge on any atom is 0.353 e. The highest BCUT2D eigenvalue weighted by Gasteiger charge is 2.24. The van der Waals surface area contributed by atoms with Gasteiger partial charge >= 0.3 is 5.69 Å². The molecule has 27 heavy (non-hydrogen) atoms. The van der Waals surface area contributed by atoms with E-state index in [-0.39, 0.29) is 17.3 Å². The van der Waals surface area contributed by atoms with Gasteiger partial charge in [0.05, 0.1) is 15.0 Å². The fraction of sp³-hybridized carbons (Fsp3) is 0.0588. The molecule has 0 radical (unpaired) electrons. The zero-order valence-corrected chi connectivity index (χ0v) is 16.1. The molecule has 7 nitrogen and oxygen atoms in total. The zero-order valence-electron chi connectivity index (χ0n) is 13.8. The average molecular weight is 425 g/mol. The summed E-state index contributed by atoms with van der Waals surface area (Å²) in [6.07, 6.45) is 1.22. The molecule has 0 amide bonds. The van der Waals surface area contributed by atoms with E-state index in [2.05, 4.69) is 20.6 Å². The van der Waals surface area contributed by atoms with Crippen LogP contribution in [-0.4, -0.2) is 14.9 Å². The van der Waals surface area contributed by atoms with Gasteiger partial charge in [0.1, 0.15) is 6.33 Å². The summed E-state index contributed by atoms with van der Waals surface area (Å²) in [5, 5.41) is 18.7. The highest BCUT2D eigenvalue weighted by molar-refractivity contribution is 6.42. The topological polar surface area (TPSA) is 93.0 Å². The summed E-state index contributed by atoms with van der Waals surface area (Å²) >= 11 is 17.9. The summed E-state index contributed by atoms with van der Waals surface area (Å²) in [6.45, 7) is 1.85. The van der Waals surface area contributed by atoms with Crippen LogP contribution in [0.4, 0.5) is 28.7 Å². The lowest BCUT2D eigenvalue weighted by atomic mass is 10.2. The summed E-state index contributed by atoms with van der Waals surface area (Å²) in [7, 11) is 0. The number of nitrogens with zero attached hydrogens (tertiary/aromatic N) is 3. The summed E-state index contributed by atoms with van der Waals surface area (Å²) in [6, 6.07) is 9.95. The Bertz CT molecular complexity index is 1030. The Kier molecular flexibility index (Phi) is 5.65. The molecule has 0 saturated heterocycles. The maximum absolute atomic E-state index is 11.7. The molecule has 0 aliphatic carbocycles. The Labute approximate surface area is 169 Å². The molecule has 0 aliphatic heterocycles. The molecule has 138 valence electrons. The molecule has 1 heterocycles. The summed E-state index contributed by atoms with van der Waals surface area (Å²) < 4.78 is 0. The van der Waals surface area contributed by atoms with Gasteiger partial charge in [0.15, 0.2) is 0 Å². The Morgan fingerprint density at radius 2 is 1.67 bits per heavy atom. The van der Waals surface area contributed by atoms with Crippen LogP contribution in [0.3, 0.4) is 0 Å². The molecule has 10 heteroatoms. The second-order valence-electron chi connectivity index (χ2n) is 5.51. The van der Waals surface area contributed by atoms with Gasteiger partial charge in [-0.2, -0.15) is 0 Å². The van der Waals surface area contributed by atoms with Gasteiger partial charge in [-0.3, -0.25) is 10.1 Å². The lowest BCUT2D eigenvalue weighted by molar-refractivity contribution is -0.383. The lowest BCUT2D eigenvalue weighted by Crippen LogP contribution is -2.06. The van der Waals surface area contributed by atoms with Crippen LogP contribution in [0.15, 0.2) is 42.7 Å². The number of benzene rings is 2. The first kappa shape index (κ1) is 19.2. The van der Waals surface area contributed by atoms with Crippen molar-refractivity contribution in [2.45, 2.75) is 6.92 Å². The van der Waals surface area contributed by atoms with Crippen molar-refractivity contribution in [2.24, 2.45) is 0 Å². The number of rotatable bonds is 5. The molecule has 2 aromatic carbocycles. The van der Waals surface area contributed by atoms with E-state index in [0.29, 0.717) is 26.4 Å². The van der Waals surface area contributed by atoms with E-state index in [1.54, 1.807) is 36.4 Å². The molecule has 1 aromatic heterocycles. The van der Waals surface area contributed by atoms with Crippen LogP contribution in [0.25, 0.3) is 0 Å². The van der Waals surface area contributed by atoms with Crippen molar-refractivity contribution in [3.8, 4) is 0 Å². The third-order valence-electron chi connectivity index (χ3n) is 3.64. The number of nitrogens with one attached hydrogen (secondary N) is 2. The van der Waals surface area contributed by atoms with E-state index >= 15 is 0 Å². The minimum atomic E-state index is -0.567. The number of nitro groups is 1. The predicted octanol–water partition coefficient (Wildman–Crippen LogP) is 6.14. The molecular weight excluding hydrogens is 413 g/mol. The fourth-order valence-corrected chi connectivity index (χ4v) is 2.77. The molecule has 0 atom stereocenters. The standard InChI is InChI=1S/C17H12Cl3N5O2/c1-9-2-3-10(18)6-14(9)24-17-15(25(26)27)16(21-8-22-17)23-11-4-5-12(19)13(20)7-11/h2-8H,1H3,(H2,21,22,23,24). The van der Waals surface area contributed by atoms with Crippen molar-refractivity contribution in [1.82, 2.24) is 9.97 Å². The lowest BCUT2D eigenvalue weighted by Gasteiger charge is -2.12. The minimum Gasteiger partial charge on any atom is -0.334 e. The first-order valence-electron chi connectivity index (χ1n) is 7.60. The van der Waals surface area contributed by atoms with Gasteiger partial charge in [-0.15, -0.1) is 0 Å². The number of aryl methyl sites for hydroxylation is 1. The van der Waals surface area contributed by atoms with Crippen molar-refractivity contribution >= 4 is 63.5 Å². The number of aromatic nitrogens is 2. The van der Waals surface area contributed by atoms with Gasteiger partial charge < -0.3 is 10.6 Å². The summed E-state index contributed by atoms with van der Waals surface area (Å²) in [4.78, 5) is 19.1. The number of hydrogen-bond acceptors (Lipinski definition) is 6. The molecule has 0 fully saturated rings. The molecule has 0 aliphatic rings. The van der Waals surface area contributed by atoms with Gasteiger partial charge in [0.25, 0.3) is 0 Å². The van der Waals surface area contributed by atoms with Gasteiger partial charge in [0.2, 0.25) is 11.6 Å². The molecule has 0 spiro atoms. The van der Waals surface area contributed by atoms with Crippen LogP contribution in [0.2, 0.25) is 15.1 Å². The van der Waals surface area contributed by atoms with Gasteiger partial charge in [-0.05, 0) is 42.8 Å². The predicted molar refractivity (Wildman–Crippen MR) is 108 cm³/mol. The third-order valence-corrected chi connectivity index (χ3v) is 4.61. The maximum atomic E-state index is 11.7. The molecular formula is C17H12Cl3N5O2. The van der Waals surface area contributed by atoms with Gasteiger partial charge in [-0.1, -0.05) is 40.9 Å². The smallest absolute Gasteiger partial charge is 0.334 e. The highest BCUT2D eigenvalue weighted by atomic mass is 35.5. The number of hydrogen-bond donors (Lipinski definition) is 2. The van der Waals surface area contributed by atoms with Crippen molar-refractivity contribution < 1.29 is 4.92 Å². The highest BCUT2D eigenvalue weighted by Crippen LogP contribution is 2.35. The second-order valence-corrected chi connectivity index (χ2v) is 6.77. The summed E-state index contributed by atoms with van der Waals surface area (Å²) in [5.74, 6) is 0.0403. The fourth-order valence-electron chi connectivity index (χ4n) is 2.30. The van der Waals surface area contributed by atoms with Crippen LogP contribution in [0.1, 0.15) is 5.56 Å². The van der Waals surface area contributed by atoms with Crippen molar-refractivity contribution in [3.05, 3.63) is 73.5 Å². The quantitative estimate of drug-likeness (QED) is 0.377. The van der Waals surface area contributed by atoms with E-state index in [1.807, 2.05) is 6.92 Å². The van der Waals surface area contributed by atoms with E-state index in [1.165, 1.54) is 6.33 Å². The largest absolute Gasteiger partial charge is 0.353 e. The normalized spacial score (nSPS) is 10.5. The number of halogens is 3. The van der Waals surface area contributed by atoms with Crippen LogP contribution < -0.4 is 10.6 Å². The molecule has 0 saturated carbocycles. The Morgan fingerprint density at radius 3 is 2.33 bits per heavy atom. The van der Waals surface area contributed by atoms with E-state index in [4.69, 9.17) is 34.8 Å². The molecule has 3 rings (SSSR count). The molecule has 3 aromatic rings. The van der Waals surface area contributed by atoms with E-state index < -0.39 is 4.92 Å². The van der Waals surface area contributed by atoms with Crippen molar-refractivity contribution in [1.29, 1.82) is 0 Å². The van der Waals surface area contributed by atoms with Crippen molar-refractivity contribution in [2.75, 3.05) is 10.6 Å². The zero-order chi connectivity index (χ0) is 19.6.